The molecule has 0 amide bonds. The van der Waals surface area contributed by atoms with Crippen molar-refractivity contribution in [2.75, 3.05) is 0 Å². The summed E-state index contributed by atoms with van der Waals surface area (Å²) >= 11 is 10.9. The maximum atomic E-state index is 10.4. The molecule has 1 aromatic carbocycles. The second-order valence-corrected chi connectivity index (χ2v) is 2.36. The lowest BCUT2D eigenvalue weighted by Crippen LogP contribution is -1.87. The minimum atomic E-state index is -0.906. The van der Waals surface area contributed by atoms with Crippen molar-refractivity contribution >= 4 is 28.9 Å². The van der Waals surface area contributed by atoms with E-state index in [1.54, 1.807) is 0 Å². The van der Waals surface area contributed by atoms with Gasteiger partial charge < -0.3 is 0 Å². The van der Waals surface area contributed by atoms with E-state index in [4.69, 9.17) is 27.3 Å². The van der Waals surface area contributed by atoms with Gasteiger partial charge in [0, 0.05) is 11.1 Å². The predicted octanol–water partition coefficient (Wildman–Crippen LogP) is 2.90. The Morgan fingerprint density at radius 2 is 2.18 bits per heavy atom. The van der Waals surface area contributed by atoms with E-state index >= 15 is 0 Å². The number of hydrogen-bond acceptors (Lipinski definition) is 2. The Hall–Kier alpha value is -0.800. The first-order valence-corrected chi connectivity index (χ1v) is 3.22. The molecule has 5 heteroatoms. The Labute approximate surface area is 76.9 Å². The fourth-order valence-corrected chi connectivity index (χ4v) is 0.882. The average Bonchev–Trinajstić information content (AvgIpc) is 2.11. The van der Waals surface area contributed by atoms with E-state index in [1.165, 1.54) is 0 Å². The number of benzene rings is 1. The van der Waals surface area contributed by atoms with Crippen LogP contribution in [0.5, 0.6) is 0 Å². The molecule has 0 bridgehead atoms. The predicted molar refractivity (Wildman–Crippen MR) is 43.1 cm³/mol. The molecule has 0 unspecified atom stereocenters. The molecule has 0 saturated heterocycles. The zero-order valence-electron chi connectivity index (χ0n) is 8.02. The fourth-order valence-electron chi connectivity index (χ4n) is 0.482. The first-order valence-electron chi connectivity index (χ1n) is 3.97. The summed E-state index contributed by atoms with van der Waals surface area (Å²) in [5.74, 6) is 0. The molecule has 0 atom stereocenters. The van der Waals surface area contributed by atoms with Gasteiger partial charge in [-0.1, -0.05) is 23.2 Å². The molecular formula is C6H3Cl2NO2. The van der Waals surface area contributed by atoms with Crippen molar-refractivity contribution in [1.29, 1.82) is 0 Å². The molecule has 0 aliphatic rings. The minimum Gasteiger partial charge on any atom is -0.258 e. The molecule has 0 radical (unpaired) electrons. The number of nitro benzene ring substituents is 1. The van der Waals surface area contributed by atoms with Gasteiger partial charge in [0.25, 0.3) is 5.69 Å². The van der Waals surface area contributed by atoms with Crippen LogP contribution in [0, 0.1) is 10.1 Å². The summed E-state index contributed by atoms with van der Waals surface area (Å²) in [6.45, 7) is 0. The van der Waals surface area contributed by atoms with Crippen molar-refractivity contribution in [1.82, 2.24) is 0 Å². The highest BCUT2D eigenvalue weighted by atomic mass is 35.5. The van der Waals surface area contributed by atoms with Crippen LogP contribution in [0.15, 0.2) is 18.1 Å². The summed E-state index contributed by atoms with van der Waals surface area (Å²) in [4.78, 5) is 9.54. The lowest BCUT2D eigenvalue weighted by atomic mass is 10.3. The Morgan fingerprint density at radius 1 is 1.55 bits per heavy atom. The third-order valence-corrected chi connectivity index (χ3v) is 1.36. The van der Waals surface area contributed by atoms with Gasteiger partial charge in [-0.25, -0.2) is 0 Å². The van der Waals surface area contributed by atoms with Gasteiger partial charge in [-0.3, -0.25) is 10.1 Å². The monoisotopic (exact) mass is 194 g/mol. The molecule has 1 rings (SSSR count). The highest BCUT2D eigenvalue weighted by Gasteiger charge is 2.10. The highest BCUT2D eigenvalue weighted by Crippen LogP contribution is 2.26. The number of nitro groups is 1. The first kappa shape index (κ1) is 4.95. The molecule has 1 aromatic rings. The van der Waals surface area contributed by atoms with E-state index in [2.05, 4.69) is 0 Å². The van der Waals surface area contributed by atoms with Gasteiger partial charge in [0.2, 0.25) is 0 Å². The van der Waals surface area contributed by atoms with Crippen molar-refractivity contribution in [3.8, 4) is 0 Å². The van der Waals surface area contributed by atoms with Crippen molar-refractivity contribution in [3.05, 3.63) is 38.3 Å². The standard InChI is InChI=1S/C6H3Cl2NO2/c7-4-1-2-6(9(10)11)5(8)3-4/h1-3H/i1D,2D,3D. The van der Waals surface area contributed by atoms with Crippen LogP contribution in [-0.4, -0.2) is 4.92 Å². The second-order valence-electron chi connectivity index (χ2n) is 1.61. The number of halogens is 2. The summed E-state index contributed by atoms with van der Waals surface area (Å²) in [7, 11) is 0. The van der Waals surface area contributed by atoms with E-state index in [9.17, 15) is 10.1 Å². The third-order valence-electron chi connectivity index (χ3n) is 0.901. The second kappa shape index (κ2) is 3.07. The molecule has 0 aliphatic carbocycles. The lowest BCUT2D eigenvalue weighted by molar-refractivity contribution is -0.384. The zero-order valence-corrected chi connectivity index (χ0v) is 6.53. The highest BCUT2D eigenvalue weighted by molar-refractivity contribution is 6.35. The Kier molecular flexibility index (Phi) is 1.38. The molecule has 0 N–H and O–H groups in total. The maximum absolute atomic E-state index is 10.4. The topological polar surface area (TPSA) is 43.1 Å². The molecule has 0 aliphatic heterocycles. The molecule has 0 saturated carbocycles. The van der Waals surface area contributed by atoms with Gasteiger partial charge in [0.15, 0.2) is 0 Å². The summed E-state index contributed by atoms with van der Waals surface area (Å²) < 4.78 is 21.7. The van der Waals surface area contributed by atoms with Gasteiger partial charge in [0.1, 0.15) is 5.02 Å². The summed E-state index contributed by atoms with van der Waals surface area (Å²) in [6.07, 6.45) is 0. The molecule has 0 spiro atoms. The lowest BCUT2D eigenvalue weighted by Gasteiger charge is -1.93. The van der Waals surface area contributed by atoms with Crippen LogP contribution in [0.1, 0.15) is 4.11 Å². The normalized spacial score (nSPS) is 13.5. The third kappa shape index (κ3) is 1.82. The summed E-state index contributed by atoms with van der Waals surface area (Å²) in [5, 5.41) is 9.58. The smallest absolute Gasteiger partial charge is 0.258 e. The van der Waals surface area contributed by atoms with Crippen molar-refractivity contribution in [3.63, 3.8) is 0 Å². The van der Waals surface area contributed by atoms with E-state index in [-0.39, 0.29) is 5.02 Å². The minimum absolute atomic E-state index is 0.356. The van der Waals surface area contributed by atoms with Crippen molar-refractivity contribution in [2.45, 2.75) is 0 Å². The van der Waals surface area contributed by atoms with Gasteiger partial charge in [-0.05, 0) is 12.1 Å². The molecule has 3 nitrogen and oxygen atoms in total. The molecular weight excluding hydrogens is 189 g/mol. The van der Waals surface area contributed by atoms with Gasteiger partial charge >= 0.3 is 0 Å². The Balaban J connectivity index is 3.68. The van der Waals surface area contributed by atoms with Gasteiger partial charge in [0.05, 0.1) is 9.04 Å². The molecule has 0 heterocycles. The Morgan fingerprint density at radius 3 is 2.73 bits per heavy atom. The van der Waals surface area contributed by atoms with Crippen LogP contribution in [-0.2, 0) is 0 Å². The number of rotatable bonds is 1. The molecule has 0 fully saturated rings. The summed E-state index contributed by atoms with van der Waals surface area (Å²) in [6, 6.07) is -1.74. The van der Waals surface area contributed by atoms with E-state index in [0.717, 1.165) is 0 Å². The number of hydrogen-bond donors (Lipinski definition) is 0. The average molecular weight is 195 g/mol. The van der Waals surface area contributed by atoms with Crippen molar-refractivity contribution in [2.24, 2.45) is 0 Å². The van der Waals surface area contributed by atoms with Gasteiger partial charge in [-0.2, -0.15) is 0 Å². The molecule has 58 valence electrons. The molecule has 0 aromatic heterocycles. The fraction of sp³-hybridized carbons (Fsp3) is 0. The zero-order chi connectivity index (χ0) is 11.0. The van der Waals surface area contributed by atoms with Crippen LogP contribution in [0.2, 0.25) is 10.0 Å². The first-order chi connectivity index (χ1) is 6.37. The van der Waals surface area contributed by atoms with E-state index in [1.807, 2.05) is 0 Å². The maximum Gasteiger partial charge on any atom is 0.287 e. The van der Waals surface area contributed by atoms with E-state index < -0.39 is 33.8 Å². The Bertz CT molecular complexity index is 395. The van der Waals surface area contributed by atoms with Crippen molar-refractivity contribution < 1.29 is 9.04 Å². The van der Waals surface area contributed by atoms with Crippen LogP contribution < -0.4 is 0 Å². The SMILES string of the molecule is [2H]c1c([2H])c([N+](=O)[O-])c(Cl)c([2H])c1Cl. The van der Waals surface area contributed by atoms with Gasteiger partial charge in [-0.15, -0.1) is 0 Å². The molecule has 11 heavy (non-hydrogen) atoms. The van der Waals surface area contributed by atoms with Crippen LogP contribution in [0.4, 0.5) is 5.69 Å². The largest absolute Gasteiger partial charge is 0.287 e. The van der Waals surface area contributed by atoms with Crippen LogP contribution >= 0.6 is 23.2 Å². The van der Waals surface area contributed by atoms with Crippen LogP contribution in [0.25, 0.3) is 0 Å². The summed E-state index contributed by atoms with van der Waals surface area (Å²) in [5.41, 5.74) is -0.758. The quantitative estimate of drug-likeness (QED) is 0.510. The number of nitrogens with zero attached hydrogens (tertiary/aromatic N) is 1. The van der Waals surface area contributed by atoms with E-state index in [0.29, 0.717) is 0 Å². The van der Waals surface area contributed by atoms with Crippen LogP contribution in [0.3, 0.4) is 0 Å².